The van der Waals surface area contributed by atoms with Crippen LogP contribution in [0.4, 0.5) is 0 Å². The van der Waals surface area contributed by atoms with Gasteiger partial charge in [0.25, 0.3) is 0 Å². The van der Waals surface area contributed by atoms with Crippen LogP contribution in [0.15, 0.2) is 271 Å². The molecule has 0 bridgehead atoms. The molecule has 0 saturated heterocycles. The molecule has 0 fully saturated rings. The summed E-state index contributed by atoms with van der Waals surface area (Å²) in [5.74, 6) is 3.86. The van der Waals surface area contributed by atoms with Crippen LogP contribution in [0.25, 0.3) is 33.4 Å². The van der Waals surface area contributed by atoms with Crippen molar-refractivity contribution in [1.29, 1.82) is 0 Å². The Morgan fingerprint density at radius 2 is 0.625 bits per heavy atom. The molecular formula is C60H40Br2O8S2. The Labute approximate surface area is 434 Å². The second kappa shape index (κ2) is 20.9. The van der Waals surface area contributed by atoms with E-state index in [0.717, 1.165) is 42.3 Å². The maximum absolute atomic E-state index is 13.8. The molecule has 0 aliphatic rings. The molecule has 0 unspecified atom stereocenters. The number of rotatable bonds is 15. The minimum Gasteiger partial charge on any atom is -0.457 e. The van der Waals surface area contributed by atoms with E-state index in [4.69, 9.17) is 18.9 Å². The maximum atomic E-state index is 13.8. The Balaban J connectivity index is 0.821. The Morgan fingerprint density at radius 3 is 1.03 bits per heavy atom. The van der Waals surface area contributed by atoms with Crippen LogP contribution in [0, 0.1) is 0 Å². The summed E-state index contributed by atoms with van der Waals surface area (Å²) in [6.07, 6.45) is 0. The molecule has 0 amide bonds. The first-order valence-electron chi connectivity index (χ1n) is 22.5. The van der Waals surface area contributed by atoms with Crippen molar-refractivity contribution < 1.29 is 35.8 Å². The van der Waals surface area contributed by atoms with E-state index in [1.54, 1.807) is 54.6 Å². The molecule has 10 aromatic carbocycles. The molecule has 0 spiro atoms. The first-order valence-corrected chi connectivity index (χ1v) is 27.0. The van der Waals surface area contributed by atoms with E-state index in [1.165, 1.54) is 48.5 Å². The van der Waals surface area contributed by atoms with Crippen molar-refractivity contribution in [2.45, 2.75) is 19.6 Å². The average Bonchev–Trinajstić information content (AvgIpc) is 3.40. The second-order valence-corrected chi connectivity index (χ2v) is 22.0. The van der Waals surface area contributed by atoms with Crippen molar-refractivity contribution in [3.05, 3.63) is 252 Å². The smallest absolute Gasteiger partial charge is 0.206 e. The Bertz CT molecular complexity index is 3750. The van der Waals surface area contributed by atoms with Crippen molar-refractivity contribution in [2.24, 2.45) is 0 Å². The van der Waals surface area contributed by atoms with E-state index in [0.29, 0.717) is 46.0 Å². The van der Waals surface area contributed by atoms with Crippen molar-refractivity contribution in [3.8, 4) is 79.4 Å². The molecule has 0 radical (unpaired) electrons. The molecule has 10 rings (SSSR count). The van der Waals surface area contributed by atoms with E-state index < -0.39 is 19.7 Å². The first-order chi connectivity index (χ1) is 34.9. The topological polar surface area (TPSA) is 105 Å². The molecule has 0 aromatic heterocycles. The van der Waals surface area contributed by atoms with E-state index in [2.05, 4.69) is 31.9 Å². The van der Waals surface area contributed by atoms with Crippen molar-refractivity contribution >= 4 is 51.5 Å². The molecule has 0 aliphatic carbocycles. The molecule has 0 aliphatic heterocycles. The Hall–Kier alpha value is -7.74. The van der Waals surface area contributed by atoms with Gasteiger partial charge in [0.05, 0.1) is 19.6 Å². The largest absolute Gasteiger partial charge is 0.457 e. The van der Waals surface area contributed by atoms with Crippen molar-refractivity contribution in [1.82, 2.24) is 0 Å². The summed E-state index contributed by atoms with van der Waals surface area (Å²) in [7, 11) is -7.78. The van der Waals surface area contributed by atoms with Gasteiger partial charge in [0, 0.05) is 20.6 Å². The lowest BCUT2D eigenvalue weighted by Gasteiger charge is -2.14. The van der Waals surface area contributed by atoms with Gasteiger partial charge < -0.3 is 18.9 Å². The van der Waals surface area contributed by atoms with E-state index >= 15 is 0 Å². The van der Waals surface area contributed by atoms with Crippen molar-refractivity contribution in [3.63, 3.8) is 0 Å². The third-order valence-electron chi connectivity index (χ3n) is 11.5. The van der Waals surface area contributed by atoms with Crippen molar-refractivity contribution in [2.75, 3.05) is 0 Å². The minimum atomic E-state index is -3.89. The lowest BCUT2D eigenvalue weighted by Crippen LogP contribution is -2.02. The maximum Gasteiger partial charge on any atom is 0.206 e. The molecule has 354 valence electrons. The van der Waals surface area contributed by atoms with Crippen LogP contribution in [0.1, 0.15) is 0 Å². The van der Waals surface area contributed by atoms with E-state index in [9.17, 15) is 16.8 Å². The molecule has 0 N–H and O–H groups in total. The lowest BCUT2D eigenvalue weighted by molar-refractivity contribution is 0.460. The van der Waals surface area contributed by atoms with Gasteiger partial charge in [-0.15, -0.1) is 0 Å². The standard InChI is InChI=1S/C60H40Br2O8S2/c61-46-35-44(41-11-4-1-5-12-41)36-51(39-46)67-47-19-27-54(28-20-47)71(63,64)55-29-21-48(22-30-55)68-52-37-45(42-13-6-2-7-14-42)38-53(40-52)69-49-23-31-56(32-24-49)72(65,66)57-33-25-50(26-34-57)70-59-18-10-17-58(62)60(59)43-15-8-3-9-16-43/h1-40H. The molecule has 8 nitrogen and oxygen atoms in total. The highest BCUT2D eigenvalue weighted by Gasteiger charge is 2.21. The van der Waals surface area contributed by atoms with Gasteiger partial charge in [-0.05, 0) is 167 Å². The predicted octanol–water partition coefficient (Wildman–Crippen LogP) is 17.0. The van der Waals surface area contributed by atoms with Gasteiger partial charge >= 0.3 is 0 Å². The molecule has 12 heteroatoms. The normalized spacial score (nSPS) is 11.4. The zero-order valence-corrected chi connectivity index (χ0v) is 42.7. The van der Waals surface area contributed by atoms with E-state index in [1.807, 2.05) is 140 Å². The highest BCUT2D eigenvalue weighted by molar-refractivity contribution is 9.10. The zero-order valence-electron chi connectivity index (χ0n) is 37.9. The van der Waals surface area contributed by atoms with Gasteiger partial charge in [-0.3, -0.25) is 0 Å². The fourth-order valence-corrected chi connectivity index (χ4v) is 11.5. The summed E-state index contributed by atoms with van der Waals surface area (Å²) in [6.45, 7) is 0. The van der Waals surface area contributed by atoms with Crippen LogP contribution < -0.4 is 18.9 Å². The quantitative estimate of drug-likeness (QED) is 0.1000. The van der Waals surface area contributed by atoms with Crippen LogP contribution >= 0.6 is 31.9 Å². The Morgan fingerprint density at radius 1 is 0.278 bits per heavy atom. The summed E-state index contributed by atoms with van der Waals surface area (Å²) in [5.41, 5.74) is 5.59. The van der Waals surface area contributed by atoms with Crippen LogP contribution in [0.3, 0.4) is 0 Å². The van der Waals surface area contributed by atoms with Crippen LogP contribution in [0.2, 0.25) is 0 Å². The minimum absolute atomic E-state index is 0.0924. The summed E-state index contributed by atoms with van der Waals surface area (Å²) >= 11 is 7.22. The number of hydrogen-bond acceptors (Lipinski definition) is 8. The van der Waals surface area contributed by atoms with Gasteiger partial charge in [0.1, 0.15) is 46.0 Å². The van der Waals surface area contributed by atoms with Crippen LogP contribution in [-0.2, 0) is 19.7 Å². The third kappa shape index (κ3) is 10.9. The number of benzene rings is 10. The molecular weight excluding hydrogens is 1070 g/mol. The Kier molecular flexibility index (Phi) is 13.9. The van der Waals surface area contributed by atoms with Crippen LogP contribution in [0.5, 0.6) is 46.0 Å². The van der Waals surface area contributed by atoms with Gasteiger partial charge in [-0.1, -0.05) is 129 Å². The SMILES string of the molecule is O=S(=O)(c1ccc(Oc2cc(Br)cc(-c3ccccc3)c2)cc1)c1ccc(Oc2cc(Oc3ccc(S(=O)(=O)c4ccc(Oc5cccc(Br)c5-c5ccccc5)cc4)cc3)cc(-c3ccccc3)c2)cc1. The third-order valence-corrected chi connectivity index (χ3v) is 16.2. The predicted molar refractivity (Wildman–Crippen MR) is 288 cm³/mol. The van der Waals surface area contributed by atoms with Gasteiger partial charge in [0.15, 0.2) is 0 Å². The summed E-state index contributed by atoms with van der Waals surface area (Å²) in [6, 6.07) is 71.5. The van der Waals surface area contributed by atoms with Gasteiger partial charge in [-0.2, -0.15) is 0 Å². The number of hydrogen-bond donors (Lipinski definition) is 0. The second-order valence-electron chi connectivity index (χ2n) is 16.4. The van der Waals surface area contributed by atoms with Gasteiger partial charge in [0.2, 0.25) is 19.7 Å². The first kappa shape index (κ1) is 47.9. The van der Waals surface area contributed by atoms with Crippen LogP contribution in [-0.4, -0.2) is 16.8 Å². The molecule has 10 aromatic rings. The van der Waals surface area contributed by atoms with Gasteiger partial charge in [-0.25, -0.2) is 16.8 Å². The number of sulfone groups is 2. The number of halogens is 2. The average molecular weight is 1110 g/mol. The summed E-state index contributed by atoms with van der Waals surface area (Å²) in [5, 5.41) is 0. The molecule has 0 atom stereocenters. The molecule has 0 heterocycles. The monoisotopic (exact) mass is 1110 g/mol. The fraction of sp³-hybridized carbons (Fsp3) is 0. The molecule has 0 saturated carbocycles. The fourth-order valence-electron chi connectivity index (χ4n) is 7.93. The highest BCUT2D eigenvalue weighted by Crippen LogP contribution is 2.40. The zero-order chi connectivity index (χ0) is 49.7. The van der Waals surface area contributed by atoms with E-state index in [-0.39, 0.29) is 19.6 Å². The lowest BCUT2D eigenvalue weighted by atomic mass is 10.0. The summed E-state index contributed by atoms with van der Waals surface area (Å²) < 4.78 is 81.9. The highest BCUT2D eigenvalue weighted by atomic mass is 79.9. The molecule has 72 heavy (non-hydrogen) atoms. The summed E-state index contributed by atoms with van der Waals surface area (Å²) in [4.78, 5) is 0.408. The number of ether oxygens (including phenoxy) is 4.